The molecule has 0 aromatic heterocycles. The zero-order valence-corrected chi connectivity index (χ0v) is 22.0. The topological polar surface area (TPSA) is 49.4 Å². The fourth-order valence-electron chi connectivity index (χ4n) is 4.86. The first-order chi connectivity index (χ1) is 16.9. The fraction of sp³-hybridized carbons (Fsp3) is 0.500. The monoisotopic (exact) mass is 522 g/mol. The molecule has 4 nitrogen and oxygen atoms in total. The maximum Gasteiger partial charge on any atom is 0.251 e. The number of amides is 1. The van der Waals surface area contributed by atoms with Gasteiger partial charge < -0.3 is 10.2 Å². The number of carbonyl (C=O) groups excluding carboxylic acids is 2. The summed E-state index contributed by atoms with van der Waals surface area (Å²) in [4.78, 5) is 26.8. The predicted octanol–water partition coefficient (Wildman–Crippen LogP) is 6.27. The highest BCUT2D eigenvalue weighted by atomic mass is 35.5. The van der Waals surface area contributed by atoms with Gasteiger partial charge in [-0.3, -0.25) is 9.59 Å². The third-order valence-electron chi connectivity index (χ3n) is 7.38. The van der Waals surface area contributed by atoms with Crippen LogP contribution in [0.15, 0.2) is 42.5 Å². The van der Waals surface area contributed by atoms with Gasteiger partial charge in [0.05, 0.1) is 5.56 Å². The molecule has 0 aliphatic heterocycles. The van der Waals surface area contributed by atoms with Gasteiger partial charge in [0.25, 0.3) is 5.92 Å². The van der Waals surface area contributed by atoms with Crippen molar-refractivity contribution < 1.29 is 22.8 Å². The van der Waals surface area contributed by atoms with Crippen LogP contribution in [0.3, 0.4) is 0 Å². The summed E-state index contributed by atoms with van der Waals surface area (Å²) >= 11 is 5.99. The molecule has 1 amide bonds. The van der Waals surface area contributed by atoms with Gasteiger partial charge in [0.2, 0.25) is 5.91 Å². The van der Waals surface area contributed by atoms with Crippen molar-refractivity contribution in [2.75, 3.05) is 20.6 Å². The first-order valence-electron chi connectivity index (χ1n) is 12.3. The molecule has 1 N–H and O–H groups in total. The number of hydrogen-bond donors (Lipinski definition) is 1. The van der Waals surface area contributed by atoms with Crippen molar-refractivity contribution in [2.24, 2.45) is 5.41 Å². The van der Waals surface area contributed by atoms with E-state index in [1.807, 2.05) is 19.0 Å². The quantitative estimate of drug-likeness (QED) is 0.334. The number of nitrogens with one attached hydrogen (secondary N) is 1. The lowest BCUT2D eigenvalue weighted by molar-refractivity contribution is -0.123. The Morgan fingerprint density at radius 1 is 1.14 bits per heavy atom. The lowest BCUT2D eigenvalue weighted by atomic mass is 9.77. The molecule has 196 valence electrons. The Hall–Kier alpha value is -2.38. The van der Waals surface area contributed by atoms with E-state index in [4.69, 9.17) is 11.6 Å². The van der Waals surface area contributed by atoms with Gasteiger partial charge in [-0.2, -0.15) is 0 Å². The predicted molar refractivity (Wildman–Crippen MR) is 136 cm³/mol. The van der Waals surface area contributed by atoms with Crippen molar-refractivity contribution in [1.82, 2.24) is 10.2 Å². The highest BCUT2D eigenvalue weighted by Crippen LogP contribution is 2.65. The van der Waals surface area contributed by atoms with Gasteiger partial charge in [-0.1, -0.05) is 36.7 Å². The Kier molecular flexibility index (Phi) is 8.88. The SMILES string of the molecule is CCC(=O)c1ccc(C[C@@H](CNC(=O)C[C@@H](c2ccc(Cl)cc2)C2(C(C)(F)F)CC2)N(C)C)cc1F. The van der Waals surface area contributed by atoms with E-state index >= 15 is 0 Å². The number of hydrogen-bond acceptors (Lipinski definition) is 3. The minimum atomic E-state index is -2.92. The van der Waals surface area contributed by atoms with Crippen LogP contribution in [0.5, 0.6) is 0 Å². The highest BCUT2D eigenvalue weighted by Gasteiger charge is 2.63. The van der Waals surface area contributed by atoms with Crippen LogP contribution in [0.1, 0.15) is 66.9 Å². The average Bonchev–Trinajstić information content (AvgIpc) is 3.62. The van der Waals surface area contributed by atoms with E-state index < -0.39 is 23.1 Å². The van der Waals surface area contributed by atoms with Crippen LogP contribution >= 0.6 is 11.6 Å². The lowest BCUT2D eigenvalue weighted by Gasteiger charge is -2.32. The van der Waals surface area contributed by atoms with Crippen molar-refractivity contribution in [1.29, 1.82) is 0 Å². The molecule has 1 aliphatic carbocycles. The third-order valence-corrected chi connectivity index (χ3v) is 7.64. The van der Waals surface area contributed by atoms with Crippen LogP contribution in [0.4, 0.5) is 13.2 Å². The van der Waals surface area contributed by atoms with Gasteiger partial charge in [0.15, 0.2) is 5.78 Å². The van der Waals surface area contributed by atoms with Crippen molar-refractivity contribution in [3.05, 3.63) is 70.0 Å². The molecule has 0 spiro atoms. The van der Waals surface area contributed by atoms with Crippen molar-refractivity contribution in [3.63, 3.8) is 0 Å². The summed E-state index contributed by atoms with van der Waals surface area (Å²) in [5, 5.41) is 3.41. The smallest absolute Gasteiger partial charge is 0.251 e. The number of nitrogens with zero attached hydrogens (tertiary/aromatic N) is 1. The van der Waals surface area contributed by atoms with E-state index in [0.717, 1.165) is 6.92 Å². The van der Waals surface area contributed by atoms with Gasteiger partial charge in [0, 0.05) is 41.8 Å². The number of Topliss-reactive ketones (excluding diaryl/α,β-unsaturated/α-hetero) is 1. The molecule has 2 aromatic rings. The summed E-state index contributed by atoms with van der Waals surface area (Å²) in [5.41, 5.74) is 0.212. The molecule has 2 aromatic carbocycles. The Balaban J connectivity index is 1.69. The van der Waals surface area contributed by atoms with Crippen LogP contribution in [-0.4, -0.2) is 49.2 Å². The van der Waals surface area contributed by atoms with Crippen molar-refractivity contribution in [3.8, 4) is 0 Å². The van der Waals surface area contributed by atoms with Gasteiger partial charge in [0.1, 0.15) is 5.82 Å². The van der Waals surface area contributed by atoms with E-state index in [9.17, 15) is 22.8 Å². The molecule has 2 atom stereocenters. The molecule has 1 saturated carbocycles. The summed E-state index contributed by atoms with van der Waals surface area (Å²) in [6, 6.07) is 11.2. The third kappa shape index (κ3) is 6.48. The molecule has 0 bridgehead atoms. The summed E-state index contributed by atoms with van der Waals surface area (Å²) in [6.07, 6.45) is 1.33. The molecule has 0 unspecified atom stereocenters. The maximum absolute atomic E-state index is 14.6. The number of ketones is 1. The summed E-state index contributed by atoms with van der Waals surface area (Å²) < 4.78 is 43.6. The Labute approximate surface area is 216 Å². The van der Waals surface area contributed by atoms with Gasteiger partial charge >= 0.3 is 0 Å². The number of rotatable bonds is 12. The second-order valence-electron chi connectivity index (χ2n) is 10.1. The highest BCUT2D eigenvalue weighted by molar-refractivity contribution is 6.30. The first kappa shape index (κ1) is 28.2. The zero-order chi connectivity index (χ0) is 26.7. The molecule has 3 rings (SSSR count). The fourth-order valence-corrected chi connectivity index (χ4v) is 4.98. The Morgan fingerprint density at radius 2 is 1.78 bits per heavy atom. The molecular weight excluding hydrogens is 489 g/mol. The minimum absolute atomic E-state index is 0.0618. The Bertz CT molecular complexity index is 1080. The van der Waals surface area contributed by atoms with Gasteiger partial charge in [-0.15, -0.1) is 0 Å². The maximum atomic E-state index is 14.6. The van der Waals surface area contributed by atoms with Crippen molar-refractivity contribution in [2.45, 2.75) is 63.8 Å². The van der Waals surface area contributed by atoms with Crippen molar-refractivity contribution >= 4 is 23.3 Å². The number of likely N-dealkylation sites (N-methyl/N-ethyl adjacent to an activating group) is 1. The summed E-state index contributed by atoms with van der Waals surface area (Å²) in [5.74, 6) is -4.67. The number of benzene rings is 2. The molecule has 0 heterocycles. The van der Waals surface area contributed by atoms with Crippen LogP contribution in [-0.2, 0) is 11.2 Å². The molecular formula is C28H34ClF3N2O2. The van der Waals surface area contributed by atoms with Crippen LogP contribution < -0.4 is 5.32 Å². The Morgan fingerprint density at radius 3 is 2.28 bits per heavy atom. The summed E-state index contributed by atoms with van der Waals surface area (Å²) in [7, 11) is 3.71. The second-order valence-corrected chi connectivity index (χ2v) is 10.5. The molecule has 0 radical (unpaired) electrons. The summed E-state index contributed by atoms with van der Waals surface area (Å²) in [6.45, 7) is 2.89. The molecule has 8 heteroatoms. The van der Waals surface area contributed by atoms with E-state index in [0.29, 0.717) is 35.4 Å². The second kappa shape index (κ2) is 11.3. The lowest BCUT2D eigenvalue weighted by Crippen LogP contribution is -2.43. The number of carbonyl (C=O) groups is 2. The van der Waals surface area contributed by atoms with Gasteiger partial charge in [-0.05, 0) is 75.7 Å². The number of alkyl halides is 2. The van der Waals surface area contributed by atoms with Gasteiger partial charge in [-0.25, -0.2) is 13.2 Å². The molecule has 0 saturated heterocycles. The largest absolute Gasteiger partial charge is 0.355 e. The normalized spacial score (nSPS) is 16.5. The van der Waals surface area contributed by atoms with E-state index in [2.05, 4.69) is 5.32 Å². The van der Waals surface area contributed by atoms with Crippen LogP contribution in [0.2, 0.25) is 5.02 Å². The van der Waals surface area contributed by atoms with Crippen LogP contribution in [0, 0.1) is 11.2 Å². The first-order valence-corrected chi connectivity index (χ1v) is 12.6. The minimum Gasteiger partial charge on any atom is -0.355 e. The van der Waals surface area contributed by atoms with E-state index in [1.54, 1.807) is 37.3 Å². The van der Waals surface area contributed by atoms with E-state index in [1.165, 1.54) is 12.1 Å². The van der Waals surface area contributed by atoms with E-state index in [-0.39, 0.29) is 42.7 Å². The molecule has 1 aliphatic rings. The molecule has 36 heavy (non-hydrogen) atoms. The van der Waals surface area contributed by atoms with Crippen LogP contribution in [0.25, 0.3) is 0 Å². The average molecular weight is 523 g/mol. The standard InChI is InChI=1S/C28H34ClF3N2O2/c1-5-25(35)22-11-6-18(15-24(22)30)14-21(34(3)4)17-33-26(36)16-23(19-7-9-20(29)10-8-19)28(12-13-28)27(2,31)32/h6-11,15,21,23H,5,12-14,16-17H2,1-4H3,(H,33,36)/t21-,23-/m0/s1. The molecule has 1 fully saturated rings. The zero-order valence-electron chi connectivity index (χ0n) is 21.2. The number of halogens is 4.